The van der Waals surface area contributed by atoms with Gasteiger partial charge in [-0.05, 0) is 57.0 Å². The van der Waals surface area contributed by atoms with E-state index >= 15 is 0 Å². The van der Waals surface area contributed by atoms with Gasteiger partial charge in [0, 0.05) is 24.7 Å². The number of carbonyl (C=O) groups is 1. The highest BCUT2D eigenvalue weighted by atomic mass is 19.1. The molecule has 0 atom stereocenters. The van der Waals surface area contributed by atoms with E-state index in [1.54, 1.807) is 9.80 Å². The molecule has 0 bridgehead atoms. The van der Waals surface area contributed by atoms with Crippen molar-refractivity contribution in [2.75, 3.05) is 13.1 Å². The Hall–Kier alpha value is -2.99. The molecule has 0 unspecified atom stereocenters. The molecular weight excluding hydrogens is 410 g/mol. The lowest BCUT2D eigenvalue weighted by Crippen LogP contribution is -2.43. The first-order valence-electron chi connectivity index (χ1n) is 10.9. The Morgan fingerprint density at radius 3 is 2.22 bits per heavy atom. The molecule has 0 saturated carbocycles. The third kappa shape index (κ3) is 6.50. The molecule has 1 heterocycles. The Kier molecular flexibility index (Phi) is 8.17. The van der Waals surface area contributed by atoms with E-state index in [2.05, 4.69) is 0 Å². The van der Waals surface area contributed by atoms with Crippen LogP contribution in [0.3, 0.4) is 0 Å². The zero-order valence-corrected chi connectivity index (χ0v) is 18.9. The van der Waals surface area contributed by atoms with Crippen LogP contribution in [0.4, 0.5) is 8.78 Å². The van der Waals surface area contributed by atoms with Crippen LogP contribution in [0.25, 0.3) is 0 Å². The maximum Gasteiger partial charge on any atom is 0.237 e. The lowest BCUT2D eigenvalue weighted by atomic mass is 10.1. The summed E-state index contributed by atoms with van der Waals surface area (Å²) in [6.07, 6.45) is 0.704. The van der Waals surface area contributed by atoms with Gasteiger partial charge in [0.25, 0.3) is 0 Å². The number of amides is 1. The molecule has 0 N–H and O–H groups in total. The van der Waals surface area contributed by atoms with Crippen LogP contribution >= 0.6 is 0 Å². The first-order chi connectivity index (χ1) is 15.3. The highest BCUT2D eigenvalue weighted by molar-refractivity contribution is 5.78. The van der Waals surface area contributed by atoms with E-state index < -0.39 is 11.6 Å². The van der Waals surface area contributed by atoms with E-state index in [1.165, 1.54) is 18.2 Å². The Morgan fingerprint density at radius 1 is 0.938 bits per heavy atom. The molecular formula is C26H30F2N2O2. The number of rotatable bonds is 10. The largest absolute Gasteiger partial charge is 0.464 e. The molecule has 0 aliphatic rings. The van der Waals surface area contributed by atoms with Gasteiger partial charge in [0.05, 0.1) is 13.1 Å². The predicted octanol–water partition coefficient (Wildman–Crippen LogP) is 5.35. The van der Waals surface area contributed by atoms with Crippen molar-refractivity contribution in [1.82, 2.24) is 9.80 Å². The van der Waals surface area contributed by atoms with Crippen molar-refractivity contribution in [2.24, 2.45) is 0 Å². The second-order valence-electron chi connectivity index (χ2n) is 8.26. The molecule has 170 valence electrons. The summed E-state index contributed by atoms with van der Waals surface area (Å²) < 4.78 is 34.1. The quantitative estimate of drug-likeness (QED) is 0.427. The molecule has 3 rings (SSSR count). The van der Waals surface area contributed by atoms with E-state index in [-0.39, 0.29) is 30.6 Å². The molecule has 0 aliphatic carbocycles. The van der Waals surface area contributed by atoms with Gasteiger partial charge in [0.15, 0.2) is 0 Å². The number of halogens is 2. The highest BCUT2D eigenvalue weighted by Crippen LogP contribution is 2.17. The van der Waals surface area contributed by atoms with Crippen molar-refractivity contribution in [1.29, 1.82) is 0 Å². The van der Waals surface area contributed by atoms with Gasteiger partial charge in [0.1, 0.15) is 23.2 Å². The zero-order valence-electron chi connectivity index (χ0n) is 18.9. The Bertz CT molecular complexity index is 997. The average Bonchev–Trinajstić information content (AvgIpc) is 3.18. The fourth-order valence-corrected chi connectivity index (χ4v) is 3.54. The predicted molar refractivity (Wildman–Crippen MR) is 121 cm³/mol. The monoisotopic (exact) mass is 440 g/mol. The van der Waals surface area contributed by atoms with E-state index in [4.69, 9.17) is 4.42 Å². The van der Waals surface area contributed by atoms with Gasteiger partial charge in [-0.3, -0.25) is 9.69 Å². The minimum Gasteiger partial charge on any atom is -0.464 e. The SMILES string of the molecule is Cc1ccc(CN(CCc2ccccc2)C(=O)CN(Cc2c(F)cccc2F)C(C)C)o1. The normalized spacial score (nSPS) is 11.3. The number of nitrogens with zero attached hydrogens (tertiary/aromatic N) is 2. The van der Waals surface area contributed by atoms with Crippen LogP contribution in [0.5, 0.6) is 0 Å². The molecule has 1 amide bonds. The van der Waals surface area contributed by atoms with E-state index in [1.807, 2.05) is 63.2 Å². The van der Waals surface area contributed by atoms with Crippen molar-refractivity contribution in [3.63, 3.8) is 0 Å². The molecule has 32 heavy (non-hydrogen) atoms. The highest BCUT2D eigenvalue weighted by Gasteiger charge is 2.23. The molecule has 0 fully saturated rings. The molecule has 4 nitrogen and oxygen atoms in total. The van der Waals surface area contributed by atoms with Crippen LogP contribution in [-0.2, 0) is 24.3 Å². The van der Waals surface area contributed by atoms with Gasteiger partial charge in [-0.15, -0.1) is 0 Å². The minimum absolute atomic E-state index is 0.0218. The topological polar surface area (TPSA) is 36.7 Å². The zero-order chi connectivity index (χ0) is 23.1. The lowest BCUT2D eigenvalue weighted by molar-refractivity contribution is -0.134. The lowest BCUT2D eigenvalue weighted by Gasteiger charge is -2.30. The summed E-state index contributed by atoms with van der Waals surface area (Å²) in [7, 11) is 0. The van der Waals surface area contributed by atoms with Crippen molar-refractivity contribution >= 4 is 5.91 Å². The molecule has 3 aromatic rings. The summed E-state index contributed by atoms with van der Waals surface area (Å²) in [5.41, 5.74) is 1.11. The summed E-state index contributed by atoms with van der Waals surface area (Å²) in [6.45, 7) is 6.63. The van der Waals surface area contributed by atoms with Crippen LogP contribution in [0.1, 0.15) is 36.5 Å². The third-order valence-corrected chi connectivity index (χ3v) is 5.50. The number of benzene rings is 2. The van der Waals surface area contributed by atoms with Crippen LogP contribution < -0.4 is 0 Å². The van der Waals surface area contributed by atoms with E-state index in [0.717, 1.165) is 11.3 Å². The fourth-order valence-electron chi connectivity index (χ4n) is 3.54. The van der Waals surface area contributed by atoms with Crippen molar-refractivity contribution in [2.45, 2.75) is 46.3 Å². The van der Waals surface area contributed by atoms with E-state index in [9.17, 15) is 13.6 Å². The standard InChI is InChI=1S/C26H30F2N2O2/c1-19(2)30(17-23-24(27)10-7-11-25(23)28)18-26(31)29(16-22-13-12-20(3)32-22)15-14-21-8-5-4-6-9-21/h4-13,19H,14-18H2,1-3H3. The summed E-state index contributed by atoms with van der Waals surface area (Å²) in [4.78, 5) is 16.8. The van der Waals surface area contributed by atoms with Gasteiger partial charge >= 0.3 is 0 Å². The third-order valence-electron chi connectivity index (χ3n) is 5.50. The van der Waals surface area contributed by atoms with Gasteiger partial charge in [-0.25, -0.2) is 8.78 Å². The molecule has 1 aromatic heterocycles. The van der Waals surface area contributed by atoms with Gasteiger partial charge in [-0.1, -0.05) is 36.4 Å². The van der Waals surface area contributed by atoms with Gasteiger partial charge < -0.3 is 9.32 Å². The Labute approximate surface area is 188 Å². The fraction of sp³-hybridized carbons (Fsp3) is 0.346. The molecule has 0 aliphatic heterocycles. The summed E-state index contributed by atoms with van der Waals surface area (Å²) >= 11 is 0. The Morgan fingerprint density at radius 2 is 1.62 bits per heavy atom. The van der Waals surface area contributed by atoms with Crippen molar-refractivity contribution in [3.05, 3.63) is 94.9 Å². The van der Waals surface area contributed by atoms with Gasteiger partial charge in [0.2, 0.25) is 5.91 Å². The summed E-state index contributed by atoms with van der Waals surface area (Å²) in [5, 5.41) is 0. The second-order valence-corrected chi connectivity index (χ2v) is 8.26. The number of hydrogen-bond donors (Lipinski definition) is 0. The summed E-state index contributed by atoms with van der Waals surface area (Å²) in [5.74, 6) is 0.181. The first-order valence-corrected chi connectivity index (χ1v) is 10.9. The molecule has 0 spiro atoms. The maximum absolute atomic E-state index is 14.2. The molecule has 2 aromatic carbocycles. The number of carbonyl (C=O) groups excluding carboxylic acids is 1. The minimum atomic E-state index is -0.602. The van der Waals surface area contributed by atoms with Crippen LogP contribution in [0, 0.1) is 18.6 Å². The van der Waals surface area contributed by atoms with E-state index in [0.29, 0.717) is 25.3 Å². The molecule has 0 saturated heterocycles. The number of furan rings is 1. The van der Waals surface area contributed by atoms with Gasteiger partial charge in [-0.2, -0.15) is 0 Å². The summed E-state index contributed by atoms with van der Waals surface area (Å²) in [6, 6.07) is 17.5. The van der Waals surface area contributed by atoms with Crippen LogP contribution in [0.2, 0.25) is 0 Å². The molecule has 0 radical (unpaired) electrons. The second kappa shape index (κ2) is 11.0. The molecule has 6 heteroatoms. The average molecular weight is 441 g/mol. The number of aryl methyl sites for hydroxylation is 1. The van der Waals surface area contributed by atoms with Crippen molar-refractivity contribution in [3.8, 4) is 0 Å². The van der Waals surface area contributed by atoms with Crippen LogP contribution in [0.15, 0.2) is 65.1 Å². The maximum atomic E-state index is 14.2. The van der Waals surface area contributed by atoms with Crippen molar-refractivity contribution < 1.29 is 18.0 Å². The van der Waals surface area contributed by atoms with Crippen LogP contribution in [-0.4, -0.2) is 34.8 Å². The Balaban J connectivity index is 1.74. The number of hydrogen-bond acceptors (Lipinski definition) is 3. The first kappa shape index (κ1) is 23.7. The smallest absolute Gasteiger partial charge is 0.237 e.